The fourth-order valence-corrected chi connectivity index (χ4v) is 2.89. The summed E-state index contributed by atoms with van der Waals surface area (Å²) in [6, 6.07) is 8.63. The van der Waals surface area contributed by atoms with Crippen LogP contribution in [0.1, 0.15) is 39.2 Å². The minimum Gasteiger partial charge on any atom is -0.353 e. The number of rotatable bonds is 6. The van der Waals surface area contributed by atoms with Crippen LogP contribution in [0.25, 0.3) is 5.69 Å². The highest BCUT2D eigenvalue weighted by atomic mass is 32.2. The van der Waals surface area contributed by atoms with E-state index in [1.54, 1.807) is 6.20 Å². The van der Waals surface area contributed by atoms with Crippen LogP contribution in [0.5, 0.6) is 0 Å². The fourth-order valence-electron chi connectivity index (χ4n) is 2.11. The number of benzene rings is 1. The Hall–Kier alpha value is -1.75. The van der Waals surface area contributed by atoms with Crippen molar-refractivity contribution in [2.75, 3.05) is 5.75 Å². The average molecular weight is 317 g/mol. The van der Waals surface area contributed by atoms with Crippen LogP contribution >= 0.6 is 11.8 Å². The molecule has 0 aliphatic carbocycles. The summed E-state index contributed by atoms with van der Waals surface area (Å²) in [4.78, 5) is 16.1. The summed E-state index contributed by atoms with van der Waals surface area (Å²) >= 11 is 1.45. The Morgan fingerprint density at radius 2 is 1.91 bits per heavy atom. The third-order valence-electron chi connectivity index (χ3n) is 3.23. The maximum absolute atomic E-state index is 11.7. The second kappa shape index (κ2) is 7.49. The van der Waals surface area contributed by atoms with Gasteiger partial charge in [0.05, 0.1) is 5.75 Å². The molecule has 1 heterocycles. The van der Waals surface area contributed by atoms with Gasteiger partial charge in [-0.3, -0.25) is 9.36 Å². The zero-order chi connectivity index (χ0) is 16.1. The highest BCUT2D eigenvalue weighted by molar-refractivity contribution is 7.99. The lowest BCUT2D eigenvalue weighted by Crippen LogP contribution is -2.31. The van der Waals surface area contributed by atoms with Crippen LogP contribution in [0.2, 0.25) is 0 Å². The SMILES string of the molecule is CC(C)NC(=O)CSc1nccn1-c1ccc(C(C)C)cc1. The molecule has 0 atom stereocenters. The Labute approximate surface area is 136 Å². The third-order valence-corrected chi connectivity index (χ3v) is 4.19. The number of thioether (sulfide) groups is 1. The average Bonchev–Trinajstić information content (AvgIpc) is 2.93. The van der Waals surface area contributed by atoms with Crippen molar-refractivity contribution < 1.29 is 4.79 Å². The van der Waals surface area contributed by atoms with E-state index in [1.165, 1.54) is 17.3 Å². The van der Waals surface area contributed by atoms with Gasteiger partial charge in [-0.25, -0.2) is 4.98 Å². The largest absolute Gasteiger partial charge is 0.353 e. The van der Waals surface area contributed by atoms with E-state index in [4.69, 9.17) is 0 Å². The van der Waals surface area contributed by atoms with E-state index >= 15 is 0 Å². The zero-order valence-corrected chi connectivity index (χ0v) is 14.4. The van der Waals surface area contributed by atoms with Gasteiger partial charge in [0.15, 0.2) is 5.16 Å². The first-order valence-electron chi connectivity index (χ1n) is 7.53. The Kier molecular flexibility index (Phi) is 5.66. The van der Waals surface area contributed by atoms with Gasteiger partial charge < -0.3 is 5.32 Å². The molecule has 2 aromatic rings. The Balaban J connectivity index is 2.07. The first-order valence-corrected chi connectivity index (χ1v) is 8.51. The number of carbonyl (C=O) groups excluding carboxylic acids is 1. The summed E-state index contributed by atoms with van der Waals surface area (Å²) in [6.45, 7) is 8.28. The monoisotopic (exact) mass is 317 g/mol. The van der Waals surface area contributed by atoms with Gasteiger partial charge in [-0.05, 0) is 37.5 Å². The van der Waals surface area contributed by atoms with E-state index in [9.17, 15) is 4.79 Å². The van der Waals surface area contributed by atoms with Gasteiger partial charge in [0.25, 0.3) is 0 Å². The van der Waals surface area contributed by atoms with Crippen molar-refractivity contribution in [3.63, 3.8) is 0 Å². The summed E-state index contributed by atoms with van der Waals surface area (Å²) in [6.07, 6.45) is 3.69. The van der Waals surface area contributed by atoms with Crippen molar-refractivity contribution >= 4 is 17.7 Å². The van der Waals surface area contributed by atoms with Crippen LogP contribution in [-0.4, -0.2) is 27.3 Å². The van der Waals surface area contributed by atoms with Gasteiger partial charge in [0.2, 0.25) is 5.91 Å². The number of hydrogen-bond acceptors (Lipinski definition) is 3. The highest BCUT2D eigenvalue weighted by Crippen LogP contribution is 2.22. The first kappa shape index (κ1) is 16.6. The normalized spacial score (nSPS) is 11.2. The maximum Gasteiger partial charge on any atom is 0.230 e. The molecule has 0 fully saturated rings. The fraction of sp³-hybridized carbons (Fsp3) is 0.412. The molecule has 2 rings (SSSR count). The lowest BCUT2D eigenvalue weighted by molar-refractivity contribution is -0.119. The second-order valence-electron chi connectivity index (χ2n) is 5.84. The van der Waals surface area contributed by atoms with E-state index in [0.29, 0.717) is 11.7 Å². The maximum atomic E-state index is 11.7. The van der Waals surface area contributed by atoms with Gasteiger partial charge in [0, 0.05) is 24.1 Å². The number of nitrogens with one attached hydrogen (secondary N) is 1. The smallest absolute Gasteiger partial charge is 0.230 e. The standard InChI is InChI=1S/C17H23N3OS/c1-12(2)14-5-7-15(8-6-14)20-10-9-18-17(20)22-11-16(21)19-13(3)4/h5-10,12-13H,11H2,1-4H3,(H,19,21). The van der Waals surface area contributed by atoms with Gasteiger partial charge in [-0.15, -0.1) is 0 Å². The van der Waals surface area contributed by atoms with Crippen LogP contribution in [0.4, 0.5) is 0 Å². The van der Waals surface area contributed by atoms with E-state index in [2.05, 4.69) is 48.4 Å². The summed E-state index contributed by atoms with van der Waals surface area (Å²) < 4.78 is 2.01. The molecule has 0 unspecified atom stereocenters. The summed E-state index contributed by atoms with van der Waals surface area (Å²) in [5.74, 6) is 0.925. The number of carbonyl (C=O) groups is 1. The van der Waals surface area contributed by atoms with Crippen molar-refractivity contribution in [2.45, 2.75) is 44.8 Å². The van der Waals surface area contributed by atoms with Crippen molar-refractivity contribution in [1.82, 2.24) is 14.9 Å². The van der Waals surface area contributed by atoms with Crippen LogP contribution in [0.3, 0.4) is 0 Å². The quantitative estimate of drug-likeness (QED) is 0.828. The van der Waals surface area contributed by atoms with Crippen molar-refractivity contribution in [3.05, 3.63) is 42.2 Å². The van der Waals surface area contributed by atoms with Crippen LogP contribution < -0.4 is 5.32 Å². The molecule has 118 valence electrons. The topological polar surface area (TPSA) is 46.9 Å². The number of aromatic nitrogens is 2. The zero-order valence-electron chi connectivity index (χ0n) is 13.5. The lowest BCUT2D eigenvalue weighted by Gasteiger charge is -2.11. The molecule has 0 saturated heterocycles. The second-order valence-corrected chi connectivity index (χ2v) is 6.78. The van der Waals surface area contributed by atoms with Crippen molar-refractivity contribution in [2.24, 2.45) is 0 Å². The molecule has 0 spiro atoms. The van der Waals surface area contributed by atoms with Crippen molar-refractivity contribution in [1.29, 1.82) is 0 Å². The number of hydrogen-bond donors (Lipinski definition) is 1. The number of imidazole rings is 1. The molecule has 0 aliphatic rings. The van der Waals surface area contributed by atoms with Gasteiger partial charge in [0.1, 0.15) is 0 Å². The molecule has 4 nitrogen and oxygen atoms in total. The molecule has 22 heavy (non-hydrogen) atoms. The molecule has 1 amide bonds. The molecule has 0 bridgehead atoms. The molecule has 1 aromatic heterocycles. The van der Waals surface area contributed by atoms with Gasteiger partial charge in [-0.2, -0.15) is 0 Å². The third kappa shape index (κ3) is 4.37. The summed E-state index contributed by atoms with van der Waals surface area (Å²) in [7, 11) is 0. The lowest BCUT2D eigenvalue weighted by atomic mass is 10.0. The van der Waals surface area contributed by atoms with E-state index in [1.807, 2.05) is 24.6 Å². The molecular weight excluding hydrogens is 294 g/mol. The Morgan fingerprint density at radius 3 is 2.50 bits per heavy atom. The Bertz CT molecular complexity index is 617. The summed E-state index contributed by atoms with van der Waals surface area (Å²) in [5, 5.41) is 3.72. The molecule has 1 aromatic carbocycles. The van der Waals surface area contributed by atoms with Crippen LogP contribution in [-0.2, 0) is 4.79 Å². The molecule has 5 heteroatoms. The minimum absolute atomic E-state index is 0.0321. The van der Waals surface area contributed by atoms with E-state index < -0.39 is 0 Å². The summed E-state index contributed by atoms with van der Waals surface area (Å²) in [5.41, 5.74) is 2.38. The first-order chi connectivity index (χ1) is 10.5. The van der Waals surface area contributed by atoms with Crippen LogP contribution in [0, 0.1) is 0 Å². The van der Waals surface area contributed by atoms with E-state index in [-0.39, 0.29) is 11.9 Å². The predicted octanol–water partition coefficient (Wildman–Crippen LogP) is 3.61. The number of nitrogens with zero attached hydrogens (tertiary/aromatic N) is 2. The van der Waals surface area contributed by atoms with Gasteiger partial charge >= 0.3 is 0 Å². The molecular formula is C17H23N3OS. The molecule has 0 aliphatic heterocycles. The number of amides is 1. The van der Waals surface area contributed by atoms with Crippen LogP contribution in [0.15, 0.2) is 41.8 Å². The Morgan fingerprint density at radius 1 is 1.23 bits per heavy atom. The van der Waals surface area contributed by atoms with E-state index in [0.717, 1.165) is 10.8 Å². The van der Waals surface area contributed by atoms with Gasteiger partial charge in [-0.1, -0.05) is 37.7 Å². The molecule has 1 N–H and O–H groups in total. The predicted molar refractivity (Wildman–Crippen MR) is 91.7 cm³/mol. The highest BCUT2D eigenvalue weighted by Gasteiger charge is 2.10. The molecule has 0 saturated carbocycles. The minimum atomic E-state index is 0.0321. The van der Waals surface area contributed by atoms with Crippen molar-refractivity contribution in [3.8, 4) is 5.69 Å². The molecule has 0 radical (unpaired) electrons.